The molecule has 18 heavy (non-hydrogen) atoms. The summed E-state index contributed by atoms with van der Waals surface area (Å²) >= 11 is 4.17. The molecule has 4 heteroatoms. The van der Waals surface area contributed by atoms with Crippen LogP contribution in [-0.2, 0) is 4.74 Å². The molecular formula is C14H21NOS2. The normalized spacial score (nSPS) is 21.7. The van der Waals surface area contributed by atoms with Crippen molar-refractivity contribution in [1.82, 2.24) is 5.32 Å². The van der Waals surface area contributed by atoms with Gasteiger partial charge in [-0.3, -0.25) is 0 Å². The number of thioether (sulfide) groups is 2. The van der Waals surface area contributed by atoms with E-state index in [1.54, 1.807) is 7.11 Å². The molecule has 0 saturated carbocycles. The fraction of sp³-hybridized carbons (Fsp3) is 0.571. The lowest BCUT2D eigenvalue weighted by molar-refractivity contribution is 0.167. The largest absolute Gasteiger partial charge is 0.383 e. The molecule has 2 nitrogen and oxygen atoms in total. The van der Waals surface area contributed by atoms with E-state index in [-0.39, 0.29) is 0 Å². The molecule has 0 bridgehead atoms. The van der Waals surface area contributed by atoms with E-state index >= 15 is 0 Å². The van der Waals surface area contributed by atoms with Crippen molar-refractivity contribution >= 4 is 23.5 Å². The molecule has 2 unspecified atom stereocenters. The SMILES string of the molecule is COCC(NCC1CSCCS1)c1ccccc1. The van der Waals surface area contributed by atoms with Crippen molar-refractivity contribution in [1.29, 1.82) is 0 Å². The lowest BCUT2D eigenvalue weighted by Gasteiger charge is -2.25. The van der Waals surface area contributed by atoms with Gasteiger partial charge >= 0.3 is 0 Å². The van der Waals surface area contributed by atoms with Gasteiger partial charge in [0, 0.05) is 36.2 Å². The number of ether oxygens (including phenoxy) is 1. The monoisotopic (exact) mass is 283 g/mol. The zero-order valence-electron chi connectivity index (χ0n) is 10.8. The Balaban J connectivity index is 1.86. The lowest BCUT2D eigenvalue weighted by atomic mass is 10.1. The Kier molecular flexibility index (Phi) is 6.41. The van der Waals surface area contributed by atoms with Gasteiger partial charge in [0.15, 0.2) is 0 Å². The van der Waals surface area contributed by atoms with Crippen molar-refractivity contribution in [3.05, 3.63) is 35.9 Å². The first-order valence-corrected chi connectivity index (χ1v) is 8.57. The van der Waals surface area contributed by atoms with Crippen LogP contribution in [0, 0.1) is 0 Å². The van der Waals surface area contributed by atoms with Crippen LogP contribution in [0.5, 0.6) is 0 Å². The van der Waals surface area contributed by atoms with Gasteiger partial charge in [-0.05, 0) is 5.56 Å². The molecule has 100 valence electrons. The predicted octanol–water partition coefficient (Wildman–Crippen LogP) is 2.81. The summed E-state index contributed by atoms with van der Waals surface area (Å²) in [5, 5.41) is 4.39. The first-order valence-electron chi connectivity index (χ1n) is 6.36. The summed E-state index contributed by atoms with van der Waals surface area (Å²) in [7, 11) is 1.77. The van der Waals surface area contributed by atoms with Crippen molar-refractivity contribution in [3.8, 4) is 0 Å². The first-order chi connectivity index (χ1) is 8.90. The smallest absolute Gasteiger partial charge is 0.0657 e. The first kappa shape index (κ1) is 14.3. The number of rotatable bonds is 6. The Labute approximate surface area is 118 Å². The minimum atomic E-state index is 0.309. The Morgan fingerprint density at radius 3 is 2.83 bits per heavy atom. The fourth-order valence-corrected chi connectivity index (χ4v) is 4.68. The highest BCUT2D eigenvalue weighted by molar-refractivity contribution is 8.06. The van der Waals surface area contributed by atoms with E-state index in [0.29, 0.717) is 6.04 Å². The van der Waals surface area contributed by atoms with E-state index in [9.17, 15) is 0 Å². The Morgan fingerprint density at radius 1 is 1.33 bits per heavy atom. The van der Waals surface area contributed by atoms with Crippen molar-refractivity contribution in [2.45, 2.75) is 11.3 Å². The molecule has 0 spiro atoms. The average molecular weight is 283 g/mol. The van der Waals surface area contributed by atoms with Crippen LogP contribution in [-0.4, -0.2) is 42.8 Å². The quantitative estimate of drug-likeness (QED) is 0.866. The highest BCUT2D eigenvalue weighted by Crippen LogP contribution is 2.24. The van der Waals surface area contributed by atoms with Gasteiger partial charge in [-0.1, -0.05) is 30.3 Å². The number of benzene rings is 1. The molecule has 0 aromatic heterocycles. The van der Waals surface area contributed by atoms with Gasteiger partial charge in [-0.25, -0.2) is 0 Å². The predicted molar refractivity (Wildman–Crippen MR) is 82.6 cm³/mol. The van der Waals surface area contributed by atoms with Crippen molar-refractivity contribution in [2.24, 2.45) is 0 Å². The minimum Gasteiger partial charge on any atom is -0.383 e. The summed E-state index contributed by atoms with van der Waals surface area (Å²) in [5.41, 5.74) is 1.31. The van der Waals surface area contributed by atoms with Crippen LogP contribution < -0.4 is 5.32 Å². The van der Waals surface area contributed by atoms with E-state index in [1.807, 2.05) is 0 Å². The highest BCUT2D eigenvalue weighted by Gasteiger charge is 2.17. The van der Waals surface area contributed by atoms with Crippen LogP contribution in [0.4, 0.5) is 0 Å². The molecule has 1 aromatic carbocycles. The summed E-state index contributed by atoms with van der Waals surface area (Å²) in [5.74, 6) is 3.87. The van der Waals surface area contributed by atoms with E-state index in [0.717, 1.165) is 18.4 Å². The van der Waals surface area contributed by atoms with Crippen LogP contribution in [0.3, 0.4) is 0 Å². The Morgan fingerprint density at radius 2 is 2.17 bits per heavy atom. The number of methoxy groups -OCH3 is 1. The molecule has 0 aliphatic carbocycles. The van der Waals surface area contributed by atoms with E-state index in [1.165, 1.54) is 22.8 Å². The molecule has 1 heterocycles. The van der Waals surface area contributed by atoms with Crippen molar-refractivity contribution < 1.29 is 4.74 Å². The van der Waals surface area contributed by atoms with Crippen LogP contribution >= 0.6 is 23.5 Å². The third-order valence-electron chi connectivity index (χ3n) is 3.01. The van der Waals surface area contributed by atoms with Gasteiger partial charge in [-0.2, -0.15) is 23.5 Å². The second-order valence-corrected chi connectivity index (χ2v) is 6.95. The Bertz CT molecular complexity index is 328. The topological polar surface area (TPSA) is 21.3 Å². The molecule has 1 N–H and O–H groups in total. The fourth-order valence-electron chi connectivity index (χ4n) is 2.05. The third kappa shape index (κ3) is 4.50. The van der Waals surface area contributed by atoms with Gasteiger partial charge in [0.2, 0.25) is 0 Å². The standard InChI is InChI=1S/C14H21NOS2/c1-16-10-14(12-5-3-2-4-6-12)15-9-13-11-17-7-8-18-13/h2-6,13-15H,7-11H2,1H3. The number of hydrogen-bond acceptors (Lipinski definition) is 4. The lowest BCUT2D eigenvalue weighted by Crippen LogP contribution is -2.33. The van der Waals surface area contributed by atoms with E-state index in [4.69, 9.17) is 4.74 Å². The highest BCUT2D eigenvalue weighted by atomic mass is 32.2. The summed E-state index contributed by atoms with van der Waals surface area (Å²) < 4.78 is 5.32. The zero-order valence-corrected chi connectivity index (χ0v) is 12.4. The minimum absolute atomic E-state index is 0.309. The summed E-state index contributed by atoms with van der Waals surface area (Å²) in [6.45, 7) is 1.80. The maximum Gasteiger partial charge on any atom is 0.0657 e. The molecule has 1 saturated heterocycles. The molecule has 0 radical (unpaired) electrons. The van der Waals surface area contributed by atoms with Crippen molar-refractivity contribution in [2.75, 3.05) is 37.5 Å². The van der Waals surface area contributed by atoms with Crippen LogP contribution in [0.15, 0.2) is 30.3 Å². The van der Waals surface area contributed by atoms with Crippen LogP contribution in [0.1, 0.15) is 11.6 Å². The number of nitrogens with one attached hydrogen (secondary N) is 1. The van der Waals surface area contributed by atoms with Gasteiger partial charge in [-0.15, -0.1) is 0 Å². The van der Waals surface area contributed by atoms with Gasteiger partial charge < -0.3 is 10.1 Å². The average Bonchev–Trinajstić information content (AvgIpc) is 2.45. The van der Waals surface area contributed by atoms with E-state index in [2.05, 4.69) is 59.2 Å². The molecule has 2 atom stereocenters. The molecule has 0 amide bonds. The molecular weight excluding hydrogens is 262 g/mol. The maximum atomic E-state index is 5.32. The Hall–Kier alpha value is -0.160. The van der Waals surface area contributed by atoms with Crippen molar-refractivity contribution in [3.63, 3.8) is 0 Å². The molecule has 1 fully saturated rings. The summed E-state index contributed by atoms with van der Waals surface area (Å²) in [6, 6.07) is 10.9. The molecule has 2 rings (SSSR count). The second kappa shape index (κ2) is 8.10. The molecule has 1 aromatic rings. The molecule has 1 aliphatic rings. The van der Waals surface area contributed by atoms with E-state index < -0.39 is 0 Å². The maximum absolute atomic E-state index is 5.32. The second-order valence-electron chi connectivity index (χ2n) is 4.39. The molecule has 1 aliphatic heterocycles. The van der Waals surface area contributed by atoms with Gasteiger partial charge in [0.05, 0.1) is 12.6 Å². The zero-order chi connectivity index (χ0) is 12.6. The van der Waals surface area contributed by atoms with Gasteiger partial charge in [0.1, 0.15) is 0 Å². The van der Waals surface area contributed by atoms with Crippen LogP contribution in [0.2, 0.25) is 0 Å². The summed E-state index contributed by atoms with van der Waals surface area (Å²) in [4.78, 5) is 0. The third-order valence-corrected chi connectivity index (χ3v) is 5.86. The van der Waals surface area contributed by atoms with Crippen LogP contribution in [0.25, 0.3) is 0 Å². The summed E-state index contributed by atoms with van der Waals surface area (Å²) in [6.07, 6.45) is 0. The number of hydrogen-bond donors (Lipinski definition) is 1. The van der Waals surface area contributed by atoms with Gasteiger partial charge in [0.25, 0.3) is 0 Å².